The topological polar surface area (TPSA) is 26.7 Å². The molecule has 0 radical (unpaired) electrons. The zero-order valence-corrected chi connectivity index (χ0v) is 20.4. The van der Waals surface area contributed by atoms with Crippen LogP contribution in [-0.4, -0.2) is 60.9 Å². The van der Waals surface area contributed by atoms with Gasteiger partial charge in [-0.15, -0.1) is 0 Å². The maximum absolute atomic E-state index is 13.7. The van der Waals surface area contributed by atoms with Gasteiger partial charge in [0.1, 0.15) is 0 Å². The van der Waals surface area contributed by atoms with E-state index in [0.29, 0.717) is 37.8 Å². The second-order valence-electron chi connectivity index (χ2n) is 8.84. The van der Waals surface area contributed by atoms with Gasteiger partial charge >= 0.3 is 6.18 Å². The molecule has 31 heavy (non-hydrogen) atoms. The summed E-state index contributed by atoms with van der Waals surface area (Å²) in [7, 11) is 2.04. The molecule has 3 nitrogen and oxygen atoms in total. The highest BCUT2D eigenvalue weighted by atomic mass is 127. The van der Waals surface area contributed by atoms with Crippen molar-refractivity contribution in [2.45, 2.75) is 44.9 Å². The Hall–Kier alpha value is -0.900. The number of alkyl halides is 3. The summed E-state index contributed by atoms with van der Waals surface area (Å²) < 4.78 is 42.3. The average Bonchev–Trinajstić information content (AvgIpc) is 2.72. The molecule has 0 spiro atoms. The molecule has 0 aromatic heterocycles. The van der Waals surface area contributed by atoms with Crippen LogP contribution in [0.1, 0.15) is 42.9 Å². The molecule has 1 saturated heterocycles. The molecular weight excluding hydrogens is 516 g/mol. The summed E-state index contributed by atoms with van der Waals surface area (Å²) in [5, 5.41) is 10.5. The number of aliphatic hydroxyl groups is 1. The first-order chi connectivity index (χ1) is 14.6. The third kappa shape index (κ3) is 7.04. The van der Waals surface area contributed by atoms with Gasteiger partial charge in [0.25, 0.3) is 0 Å². The van der Waals surface area contributed by atoms with Crippen molar-refractivity contribution in [2.24, 2.45) is 5.92 Å². The van der Waals surface area contributed by atoms with Crippen LogP contribution in [0.15, 0.2) is 41.5 Å². The summed E-state index contributed by atoms with van der Waals surface area (Å²) in [6.45, 7) is 5.79. The molecule has 1 aromatic rings. The van der Waals surface area contributed by atoms with E-state index in [2.05, 4.69) is 32.4 Å². The lowest BCUT2D eigenvalue weighted by Gasteiger charge is -2.34. The highest BCUT2D eigenvalue weighted by Gasteiger charge is 2.38. The van der Waals surface area contributed by atoms with Gasteiger partial charge in [0.2, 0.25) is 0 Å². The number of piperazine rings is 1. The van der Waals surface area contributed by atoms with E-state index in [9.17, 15) is 18.3 Å². The number of hydrogen-bond acceptors (Lipinski definition) is 3. The maximum atomic E-state index is 13.7. The van der Waals surface area contributed by atoms with Gasteiger partial charge in [-0.05, 0) is 90.9 Å². The van der Waals surface area contributed by atoms with Crippen LogP contribution in [0.4, 0.5) is 13.2 Å². The van der Waals surface area contributed by atoms with Crippen LogP contribution < -0.4 is 0 Å². The Bertz CT molecular complexity index is 814. The van der Waals surface area contributed by atoms with Gasteiger partial charge < -0.3 is 10.0 Å². The van der Waals surface area contributed by atoms with E-state index in [-0.39, 0.29) is 5.92 Å². The number of nitrogens with zero attached hydrogens (tertiary/aromatic N) is 2. The van der Waals surface area contributed by atoms with Crippen molar-refractivity contribution in [2.75, 3.05) is 39.8 Å². The Labute approximate surface area is 197 Å². The van der Waals surface area contributed by atoms with Gasteiger partial charge in [0.05, 0.1) is 11.7 Å². The Morgan fingerprint density at radius 1 is 1.19 bits per heavy atom. The monoisotopic (exact) mass is 548 g/mol. The molecule has 2 unspecified atom stereocenters. The summed E-state index contributed by atoms with van der Waals surface area (Å²) in [6.07, 6.45) is 0.875. The van der Waals surface area contributed by atoms with E-state index in [0.717, 1.165) is 35.3 Å². The Morgan fingerprint density at radius 3 is 2.55 bits per heavy atom. The summed E-state index contributed by atoms with van der Waals surface area (Å²) in [5.41, 5.74) is 2.00. The normalized spacial score (nSPS) is 22.2. The smallest absolute Gasteiger partial charge is 0.388 e. The minimum absolute atomic E-state index is 0.127. The number of aliphatic hydroxyl groups excluding tert-OH is 1. The molecule has 2 aliphatic rings. The first-order valence-electron chi connectivity index (χ1n) is 11.0. The van der Waals surface area contributed by atoms with E-state index in [1.165, 1.54) is 11.6 Å². The highest BCUT2D eigenvalue weighted by Crippen LogP contribution is 2.38. The molecule has 0 saturated carbocycles. The molecule has 172 valence electrons. The standard InChI is InChI=1S/C24H32F3IN2O/c1-17-6-8-19(15-22(17)28)23(31)5-3-4-18-7-9-20(21(14-18)24(25,26)27)16-30-12-10-29(2)11-13-30/h6,8-9,14-15,18,23,31H,3-5,7,10-13,16H2,1-2H3. The summed E-state index contributed by atoms with van der Waals surface area (Å²) in [5.74, 6) is -0.127. The molecule has 0 amide bonds. The zero-order chi connectivity index (χ0) is 22.6. The molecule has 1 aromatic carbocycles. The van der Waals surface area contributed by atoms with E-state index < -0.39 is 17.9 Å². The summed E-state index contributed by atoms with van der Waals surface area (Å²) in [4.78, 5) is 4.32. The second-order valence-corrected chi connectivity index (χ2v) is 10.0. The number of rotatable bonds is 7. The predicted octanol–water partition coefficient (Wildman–Crippen LogP) is 5.49. The first kappa shape index (κ1) is 24.7. The van der Waals surface area contributed by atoms with Gasteiger partial charge in [0.15, 0.2) is 0 Å². The zero-order valence-electron chi connectivity index (χ0n) is 18.3. The molecule has 2 atom stereocenters. The van der Waals surface area contributed by atoms with E-state index >= 15 is 0 Å². The van der Waals surface area contributed by atoms with Crippen LogP contribution in [0, 0.1) is 16.4 Å². The van der Waals surface area contributed by atoms with Gasteiger partial charge in [-0.2, -0.15) is 13.2 Å². The second kappa shape index (κ2) is 10.8. The van der Waals surface area contributed by atoms with Crippen molar-refractivity contribution in [3.8, 4) is 0 Å². The van der Waals surface area contributed by atoms with E-state index in [1.807, 2.05) is 32.2 Å². The van der Waals surface area contributed by atoms with Crippen LogP contribution in [0.2, 0.25) is 0 Å². The molecule has 1 N–H and O–H groups in total. The lowest BCUT2D eigenvalue weighted by atomic mass is 9.86. The first-order valence-corrected chi connectivity index (χ1v) is 12.0. The molecule has 3 rings (SSSR count). The highest BCUT2D eigenvalue weighted by molar-refractivity contribution is 14.1. The lowest BCUT2D eigenvalue weighted by molar-refractivity contribution is -0.0906. The molecule has 1 heterocycles. The van der Waals surface area contributed by atoms with Crippen molar-refractivity contribution in [3.63, 3.8) is 0 Å². The number of hydrogen-bond donors (Lipinski definition) is 1. The SMILES string of the molecule is Cc1ccc(C(O)CCCC2C=C(C(F)(F)F)C(CN3CCN(C)CC3)=CC2)cc1I. The fourth-order valence-electron chi connectivity index (χ4n) is 4.25. The average molecular weight is 548 g/mol. The summed E-state index contributed by atoms with van der Waals surface area (Å²) in [6, 6.07) is 5.90. The third-order valence-electron chi connectivity index (χ3n) is 6.34. The fraction of sp³-hybridized carbons (Fsp3) is 0.583. The Balaban J connectivity index is 1.55. The largest absolute Gasteiger partial charge is 0.416 e. The van der Waals surface area contributed by atoms with Crippen molar-refractivity contribution in [1.29, 1.82) is 0 Å². The number of aryl methyl sites for hydroxylation is 1. The van der Waals surface area contributed by atoms with Gasteiger partial charge in [0, 0.05) is 36.3 Å². The lowest BCUT2D eigenvalue weighted by Crippen LogP contribution is -2.45. The molecule has 7 heteroatoms. The van der Waals surface area contributed by atoms with Crippen molar-refractivity contribution in [3.05, 3.63) is 56.2 Å². The maximum Gasteiger partial charge on any atom is 0.416 e. The number of benzene rings is 1. The van der Waals surface area contributed by atoms with Crippen LogP contribution in [0.5, 0.6) is 0 Å². The molecule has 1 aliphatic carbocycles. The fourth-order valence-corrected chi connectivity index (χ4v) is 4.78. The van der Waals surface area contributed by atoms with Crippen LogP contribution >= 0.6 is 22.6 Å². The van der Waals surface area contributed by atoms with Crippen LogP contribution in [0.25, 0.3) is 0 Å². The predicted molar refractivity (Wildman–Crippen MR) is 127 cm³/mol. The van der Waals surface area contributed by atoms with Gasteiger partial charge in [-0.1, -0.05) is 24.3 Å². The molecule has 1 aliphatic heterocycles. The van der Waals surface area contributed by atoms with Crippen molar-refractivity contribution in [1.82, 2.24) is 9.80 Å². The van der Waals surface area contributed by atoms with E-state index in [1.54, 1.807) is 6.08 Å². The van der Waals surface area contributed by atoms with Gasteiger partial charge in [-0.25, -0.2) is 0 Å². The molecule has 1 fully saturated rings. The third-order valence-corrected chi connectivity index (χ3v) is 7.51. The van der Waals surface area contributed by atoms with Crippen molar-refractivity contribution >= 4 is 22.6 Å². The number of likely N-dealkylation sites (N-methyl/N-ethyl adjacent to an activating group) is 1. The van der Waals surface area contributed by atoms with Crippen molar-refractivity contribution < 1.29 is 18.3 Å². The number of halogens is 4. The molecule has 0 bridgehead atoms. The minimum Gasteiger partial charge on any atom is -0.388 e. The summed E-state index contributed by atoms with van der Waals surface area (Å²) >= 11 is 2.25. The molecular formula is C24H32F3IN2O. The van der Waals surface area contributed by atoms with E-state index in [4.69, 9.17) is 0 Å². The van der Waals surface area contributed by atoms with Crippen LogP contribution in [0.3, 0.4) is 0 Å². The van der Waals surface area contributed by atoms with Crippen LogP contribution in [-0.2, 0) is 0 Å². The minimum atomic E-state index is -4.32. The quantitative estimate of drug-likeness (QED) is 0.457. The Kier molecular flexibility index (Phi) is 8.63. The Morgan fingerprint density at radius 2 is 1.90 bits per heavy atom. The van der Waals surface area contributed by atoms with Gasteiger partial charge in [-0.3, -0.25) is 4.90 Å². The number of allylic oxidation sites excluding steroid dienone is 2.